The summed E-state index contributed by atoms with van der Waals surface area (Å²) >= 11 is 0. The molecule has 1 aliphatic carbocycles. The van der Waals surface area contributed by atoms with Crippen LogP contribution in [0.25, 0.3) is 11.0 Å². The Labute approximate surface area is 149 Å². The predicted molar refractivity (Wildman–Crippen MR) is 95.5 cm³/mol. The lowest BCUT2D eigenvalue weighted by Crippen LogP contribution is -2.27. The molecule has 3 rings (SSSR count). The molecular formula is C19H20F3N3O. The molecule has 1 aromatic heterocycles. The number of benzene rings is 1. The van der Waals surface area contributed by atoms with Crippen molar-refractivity contribution < 1.29 is 17.9 Å². The SMILES string of the molecule is C=C1C=C(OC(C)(C)c2nc3cc(N)ccc3n2CCF)C(F)=CC1F. The molecule has 0 amide bonds. The fraction of sp³-hybridized carbons (Fsp3) is 0.316. The first-order chi connectivity index (χ1) is 12.2. The van der Waals surface area contributed by atoms with Crippen molar-refractivity contribution in [1.82, 2.24) is 9.55 Å². The number of anilines is 1. The van der Waals surface area contributed by atoms with Gasteiger partial charge >= 0.3 is 0 Å². The van der Waals surface area contributed by atoms with E-state index in [1.807, 2.05) is 0 Å². The van der Waals surface area contributed by atoms with E-state index in [4.69, 9.17) is 10.5 Å². The molecule has 26 heavy (non-hydrogen) atoms. The standard InChI is InChI=1S/C19H20F3N3O/c1-11-8-17(14(22)10-13(11)21)26-19(2,3)18-24-15-9-12(23)4-5-16(15)25(18)7-6-20/h4-5,8-10,13H,1,6-7,23H2,2-3H3. The van der Waals surface area contributed by atoms with Gasteiger partial charge in [0, 0.05) is 5.69 Å². The highest BCUT2D eigenvalue weighted by Crippen LogP contribution is 2.35. The van der Waals surface area contributed by atoms with Crippen molar-refractivity contribution in [3.05, 3.63) is 59.9 Å². The third-order valence-electron chi connectivity index (χ3n) is 4.18. The van der Waals surface area contributed by atoms with E-state index >= 15 is 0 Å². The summed E-state index contributed by atoms with van der Waals surface area (Å²) in [4.78, 5) is 4.51. The van der Waals surface area contributed by atoms with Gasteiger partial charge < -0.3 is 15.0 Å². The quantitative estimate of drug-likeness (QED) is 0.797. The minimum absolute atomic E-state index is 0.0686. The van der Waals surface area contributed by atoms with Crippen molar-refractivity contribution in [2.45, 2.75) is 32.2 Å². The molecule has 0 saturated carbocycles. The number of alkyl halides is 2. The average molecular weight is 363 g/mol. The maximum atomic E-state index is 14.1. The molecule has 1 atom stereocenters. The molecule has 7 heteroatoms. The van der Waals surface area contributed by atoms with E-state index in [1.54, 1.807) is 36.6 Å². The second-order valence-corrected chi connectivity index (χ2v) is 6.64. The Hall–Kier alpha value is -2.70. The third kappa shape index (κ3) is 3.21. The highest BCUT2D eigenvalue weighted by Gasteiger charge is 2.33. The number of allylic oxidation sites excluding steroid dienone is 4. The van der Waals surface area contributed by atoms with E-state index in [-0.39, 0.29) is 17.9 Å². The van der Waals surface area contributed by atoms with E-state index in [9.17, 15) is 13.2 Å². The normalized spacial score (nSPS) is 18.0. The summed E-state index contributed by atoms with van der Waals surface area (Å²) in [5.74, 6) is -0.528. The minimum atomic E-state index is -1.58. The molecule has 1 aromatic carbocycles. The number of nitrogens with zero attached hydrogens (tertiary/aromatic N) is 2. The van der Waals surface area contributed by atoms with Crippen molar-refractivity contribution >= 4 is 16.7 Å². The molecule has 4 nitrogen and oxygen atoms in total. The zero-order valence-electron chi connectivity index (χ0n) is 14.6. The van der Waals surface area contributed by atoms with Gasteiger partial charge in [-0.15, -0.1) is 0 Å². The lowest BCUT2D eigenvalue weighted by Gasteiger charge is -2.29. The number of ether oxygens (including phenoxy) is 1. The van der Waals surface area contributed by atoms with Crippen LogP contribution in [-0.2, 0) is 16.9 Å². The zero-order valence-corrected chi connectivity index (χ0v) is 14.6. The molecule has 0 aliphatic heterocycles. The molecule has 138 valence electrons. The summed E-state index contributed by atoms with van der Waals surface area (Å²) in [5.41, 5.74) is 6.61. The first-order valence-electron chi connectivity index (χ1n) is 8.16. The fourth-order valence-electron chi connectivity index (χ4n) is 2.95. The maximum absolute atomic E-state index is 14.1. The number of rotatable bonds is 5. The van der Waals surface area contributed by atoms with Crippen molar-refractivity contribution in [3.8, 4) is 0 Å². The molecule has 2 aromatic rings. The van der Waals surface area contributed by atoms with Crippen LogP contribution in [0.2, 0.25) is 0 Å². The van der Waals surface area contributed by atoms with Crippen LogP contribution < -0.4 is 5.73 Å². The zero-order chi connectivity index (χ0) is 19.1. The Morgan fingerprint density at radius 1 is 1.38 bits per heavy atom. The van der Waals surface area contributed by atoms with Crippen LogP contribution in [0.3, 0.4) is 0 Å². The van der Waals surface area contributed by atoms with Gasteiger partial charge in [0.05, 0.1) is 17.6 Å². The number of halogens is 3. The number of aryl methyl sites for hydroxylation is 1. The molecular weight excluding hydrogens is 343 g/mol. The second kappa shape index (κ2) is 6.55. The van der Waals surface area contributed by atoms with E-state index in [0.717, 1.165) is 6.08 Å². The van der Waals surface area contributed by atoms with E-state index in [0.29, 0.717) is 22.5 Å². The predicted octanol–water partition coefficient (Wildman–Crippen LogP) is 4.48. The lowest BCUT2D eigenvalue weighted by atomic mass is 10.0. The first kappa shape index (κ1) is 18.1. The van der Waals surface area contributed by atoms with Gasteiger partial charge in [0.15, 0.2) is 23.0 Å². The summed E-state index contributed by atoms with van der Waals surface area (Å²) in [7, 11) is 0. The first-order valence-corrected chi connectivity index (χ1v) is 8.16. The van der Waals surface area contributed by atoms with Crippen LogP contribution in [-0.4, -0.2) is 22.4 Å². The monoisotopic (exact) mass is 363 g/mol. The largest absolute Gasteiger partial charge is 0.477 e. The van der Waals surface area contributed by atoms with Gasteiger partial charge in [-0.25, -0.2) is 18.2 Å². The maximum Gasteiger partial charge on any atom is 0.164 e. The van der Waals surface area contributed by atoms with Crippen molar-refractivity contribution in [2.75, 3.05) is 12.4 Å². The number of hydrogen-bond donors (Lipinski definition) is 1. The summed E-state index contributed by atoms with van der Waals surface area (Å²) in [6, 6.07) is 5.14. The van der Waals surface area contributed by atoms with E-state index < -0.39 is 24.3 Å². The number of fused-ring (bicyclic) bond motifs is 1. The van der Waals surface area contributed by atoms with Crippen LogP contribution >= 0.6 is 0 Å². The number of nitrogen functional groups attached to an aromatic ring is 1. The Bertz CT molecular complexity index is 927. The Morgan fingerprint density at radius 2 is 2.12 bits per heavy atom. The van der Waals surface area contributed by atoms with Crippen LogP contribution in [0.4, 0.5) is 18.9 Å². The molecule has 0 bridgehead atoms. The van der Waals surface area contributed by atoms with Crippen molar-refractivity contribution in [2.24, 2.45) is 0 Å². The van der Waals surface area contributed by atoms with Crippen molar-refractivity contribution in [1.29, 1.82) is 0 Å². The third-order valence-corrected chi connectivity index (χ3v) is 4.18. The summed E-state index contributed by atoms with van der Waals surface area (Å²) in [6.45, 7) is 6.39. The number of imidazole rings is 1. The van der Waals surface area contributed by atoms with Gasteiger partial charge in [-0.3, -0.25) is 0 Å². The molecule has 0 fully saturated rings. The topological polar surface area (TPSA) is 53.1 Å². The second-order valence-electron chi connectivity index (χ2n) is 6.64. The number of hydrogen-bond acceptors (Lipinski definition) is 3. The highest BCUT2D eigenvalue weighted by atomic mass is 19.1. The van der Waals surface area contributed by atoms with Crippen LogP contribution in [0.5, 0.6) is 0 Å². The van der Waals surface area contributed by atoms with Gasteiger partial charge in [0.2, 0.25) is 0 Å². The van der Waals surface area contributed by atoms with E-state index in [1.165, 1.54) is 6.08 Å². The highest BCUT2D eigenvalue weighted by molar-refractivity contribution is 5.79. The molecule has 0 radical (unpaired) electrons. The summed E-state index contributed by atoms with van der Waals surface area (Å²) < 4.78 is 48.2. The minimum Gasteiger partial charge on any atom is -0.477 e. The molecule has 1 heterocycles. The molecule has 1 unspecified atom stereocenters. The molecule has 2 N–H and O–H groups in total. The van der Waals surface area contributed by atoms with Crippen LogP contribution in [0, 0.1) is 0 Å². The average Bonchev–Trinajstić information content (AvgIpc) is 2.91. The van der Waals surface area contributed by atoms with Gasteiger partial charge in [-0.1, -0.05) is 6.58 Å². The van der Waals surface area contributed by atoms with Crippen LogP contribution in [0.15, 0.2) is 54.1 Å². The van der Waals surface area contributed by atoms with Gasteiger partial charge in [0.1, 0.15) is 12.8 Å². The Morgan fingerprint density at radius 3 is 2.81 bits per heavy atom. The molecule has 0 spiro atoms. The van der Waals surface area contributed by atoms with Gasteiger partial charge in [0.25, 0.3) is 0 Å². The summed E-state index contributed by atoms with van der Waals surface area (Å²) in [6.07, 6.45) is 0.450. The number of nitrogens with two attached hydrogens (primary N) is 1. The molecule has 0 saturated heterocycles. The molecule has 1 aliphatic rings. The smallest absolute Gasteiger partial charge is 0.164 e. The van der Waals surface area contributed by atoms with Crippen LogP contribution in [0.1, 0.15) is 19.7 Å². The Balaban J connectivity index is 2.04. The fourth-order valence-corrected chi connectivity index (χ4v) is 2.95. The van der Waals surface area contributed by atoms with Crippen molar-refractivity contribution in [3.63, 3.8) is 0 Å². The van der Waals surface area contributed by atoms with E-state index in [2.05, 4.69) is 11.6 Å². The summed E-state index contributed by atoms with van der Waals surface area (Å²) in [5, 5.41) is 0. The lowest BCUT2D eigenvalue weighted by molar-refractivity contribution is 0.0202. The van der Waals surface area contributed by atoms with Gasteiger partial charge in [-0.05, 0) is 49.8 Å². The number of aromatic nitrogens is 2. The Kier molecular flexibility index (Phi) is 4.56. The van der Waals surface area contributed by atoms with Gasteiger partial charge in [-0.2, -0.15) is 0 Å².